The summed E-state index contributed by atoms with van der Waals surface area (Å²) in [5.74, 6) is 2.55. The maximum Gasteiger partial charge on any atom is 0.134 e. The predicted octanol–water partition coefficient (Wildman–Crippen LogP) is 2.46. The number of ether oxygens (including phenoxy) is 1. The van der Waals surface area contributed by atoms with Crippen molar-refractivity contribution in [2.24, 2.45) is 0 Å². The Morgan fingerprint density at radius 2 is 1.92 bits per heavy atom. The summed E-state index contributed by atoms with van der Waals surface area (Å²) in [6.07, 6.45) is 4.09. The number of thiazole rings is 1. The van der Waals surface area contributed by atoms with E-state index in [4.69, 9.17) is 9.72 Å². The molecule has 0 N–H and O–H groups in total. The van der Waals surface area contributed by atoms with Gasteiger partial charge in [0.2, 0.25) is 0 Å². The average Bonchev–Trinajstić information content (AvgIpc) is 3.09. The average molecular weight is 345 g/mol. The minimum absolute atomic E-state index is 0.513. The van der Waals surface area contributed by atoms with Gasteiger partial charge in [-0.05, 0) is 19.8 Å². The highest BCUT2D eigenvalue weighted by Crippen LogP contribution is 2.31. The molecule has 0 saturated carbocycles. The van der Waals surface area contributed by atoms with Crippen molar-refractivity contribution in [3.63, 3.8) is 0 Å². The van der Waals surface area contributed by atoms with Crippen LogP contribution in [0.3, 0.4) is 0 Å². The van der Waals surface area contributed by atoms with Crippen molar-refractivity contribution in [2.45, 2.75) is 25.7 Å². The van der Waals surface area contributed by atoms with Gasteiger partial charge in [-0.3, -0.25) is 0 Å². The molecule has 128 valence electrons. The Balaban J connectivity index is 1.50. The molecule has 2 fully saturated rings. The Bertz CT molecular complexity index is 685. The van der Waals surface area contributed by atoms with E-state index in [0.717, 1.165) is 56.7 Å². The van der Waals surface area contributed by atoms with Crippen molar-refractivity contribution < 1.29 is 4.74 Å². The Morgan fingerprint density at radius 3 is 2.67 bits per heavy atom. The topological polar surface area (TPSA) is 54.4 Å². The lowest BCUT2D eigenvalue weighted by Crippen LogP contribution is -2.38. The molecule has 0 radical (unpaired) electrons. The summed E-state index contributed by atoms with van der Waals surface area (Å²) < 4.78 is 5.43. The molecule has 2 aromatic heterocycles. The summed E-state index contributed by atoms with van der Waals surface area (Å²) in [5.41, 5.74) is 1.13. The fraction of sp³-hybridized carbons (Fsp3) is 0.588. The first-order valence-electron chi connectivity index (χ1n) is 8.61. The molecule has 0 amide bonds. The van der Waals surface area contributed by atoms with Crippen LogP contribution in [0.15, 0.2) is 17.8 Å². The van der Waals surface area contributed by atoms with Gasteiger partial charge in [-0.1, -0.05) is 0 Å². The molecule has 2 saturated heterocycles. The molecule has 7 heteroatoms. The third-order valence-electron chi connectivity index (χ3n) is 4.70. The van der Waals surface area contributed by atoms with Crippen molar-refractivity contribution in [2.75, 3.05) is 49.2 Å². The highest BCUT2D eigenvalue weighted by atomic mass is 32.1. The number of anilines is 2. The van der Waals surface area contributed by atoms with Crippen LogP contribution in [0.5, 0.6) is 0 Å². The number of nitrogens with zero attached hydrogens (tertiary/aromatic N) is 5. The smallest absolute Gasteiger partial charge is 0.134 e. The van der Waals surface area contributed by atoms with Crippen LogP contribution in [0.1, 0.15) is 29.5 Å². The molecule has 0 spiro atoms. The lowest BCUT2D eigenvalue weighted by Gasteiger charge is -2.33. The van der Waals surface area contributed by atoms with Gasteiger partial charge < -0.3 is 14.5 Å². The lowest BCUT2D eigenvalue weighted by molar-refractivity contribution is 0.122. The number of aromatic nitrogens is 3. The quantitative estimate of drug-likeness (QED) is 0.852. The minimum atomic E-state index is 0.513. The molecular weight excluding hydrogens is 322 g/mol. The second-order valence-corrected chi connectivity index (χ2v) is 7.34. The maximum absolute atomic E-state index is 5.43. The number of hydrogen-bond acceptors (Lipinski definition) is 7. The largest absolute Gasteiger partial charge is 0.378 e. The third-order valence-corrected chi connectivity index (χ3v) is 5.83. The fourth-order valence-electron chi connectivity index (χ4n) is 3.42. The van der Waals surface area contributed by atoms with E-state index in [1.165, 1.54) is 17.8 Å². The zero-order valence-electron chi connectivity index (χ0n) is 14.0. The van der Waals surface area contributed by atoms with Gasteiger partial charge in [0.1, 0.15) is 18.0 Å². The molecule has 2 aliphatic rings. The molecule has 2 aliphatic heterocycles. The number of piperidine rings is 1. The third kappa shape index (κ3) is 3.37. The molecule has 2 aromatic rings. The Hall–Kier alpha value is -1.73. The van der Waals surface area contributed by atoms with Crippen LogP contribution in [0.4, 0.5) is 11.6 Å². The maximum atomic E-state index is 5.43. The first kappa shape index (κ1) is 15.8. The Morgan fingerprint density at radius 1 is 1.12 bits per heavy atom. The van der Waals surface area contributed by atoms with Crippen LogP contribution >= 0.6 is 11.3 Å². The van der Waals surface area contributed by atoms with E-state index in [1.54, 1.807) is 17.7 Å². The van der Waals surface area contributed by atoms with Gasteiger partial charge in [0, 0.05) is 49.2 Å². The van der Waals surface area contributed by atoms with Crippen LogP contribution in [0.25, 0.3) is 0 Å². The van der Waals surface area contributed by atoms with Crippen molar-refractivity contribution in [3.05, 3.63) is 28.5 Å². The highest BCUT2D eigenvalue weighted by Gasteiger charge is 2.25. The fourth-order valence-corrected chi connectivity index (χ4v) is 4.35. The van der Waals surface area contributed by atoms with Crippen LogP contribution in [0.2, 0.25) is 0 Å². The van der Waals surface area contributed by atoms with E-state index in [0.29, 0.717) is 5.92 Å². The van der Waals surface area contributed by atoms with E-state index in [-0.39, 0.29) is 0 Å². The van der Waals surface area contributed by atoms with Gasteiger partial charge in [0.15, 0.2) is 0 Å². The molecule has 1 atom stereocenters. The monoisotopic (exact) mass is 345 g/mol. The van der Waals surface area contributed by atoms with Crippen LogP contribution in [-0.4, -0.2) is 54.3 Å². The second kappa shape index (κ2) is 7.03. The summed E-state index contributed by atoms with van der Waals surface area (Å²) in [4.78, 5) is 18.3. The van der Waals surface area contributed by atoms with Gasteiger partial charge in [-0.25, -0.2) is 15.0 Å². The first-order chi connectivity index (χ1) is 11.8. The Kier molecular flexibility index (Phi) is 4.62. The van der Waals surface area contributed by atoms with Crippen LogP contribution in [0, 0.1) is 6.92 Å². The van der Waals surface area contributed by atoms with Crippen molar-refractivity contribution in [3.8, 4) is 0 Å². The van der Waals surface area contributed by atoms with Crippen molar-refractivity contribution in [1.29, 1.82) is 0 Å². The lowest BCUT2D eigenvalue weighted by atomic mass is 9.99. The van der Waals surface area contributed by atoms with E-state index in [2.05, 4.69) is 38.1 Å². The standard InChI is InChI=1S/C17H23N5OS/c1-13-11-24-17(20-13)14-3-2-4-22(10-14)16-9-15(18-12-19-16)21-5-7-23-8-6-21/h9,11-12,14H,2-8,10H2,1H3/t14-/m0/s1. The minimum Gasteiger partial charge on any atom is -0.378 e. The summed E-state index contributed by atoms with van der Waals surface area (Å²) in [6, 6.07) is 2.13. The van der Waals surface area contributed by atoms with Gasteiger partial charge in [-0.15, -0.1) is 11.3 Å². The summed E-state index contributed by atoms with van der Waals surface area (Å²) in [5, 5.41) is 3.41. The summed E-state index contributed by atoms with van der Waals surface area (Å²) in [6.45, 7) is 7.46. The molecule has 0 aliphatic carbocycles. The molecule has 4 heterocycles. The molecule has 24 heavy (non-hydrogen) atoms. The van der Waals surface area contributed by atoms with Crippen LogP contribution in [-0.2, 0) is 4.74 Å². The zero-order chi connectivity index (χ0) is 16.4. The van der Waals surface area contributed by atoms with E-state index in [9.17, 15) is 0 Å². The van der Waals surface area contributed by atoms with E-state index >= 15 is 0 Å². The highest BCUT2D eigenvalue weighted by molar-refractivity contribution is 7.09. The Labute approximate surface area is 146 Å². The normalized spacial score (nSPS) is 22.0. The van der Waals surface area contributed by atoms with Crippen LogP contribution < -0.4 is 9.80 Å². The molecule has 4 rings (SSSR count). The zero-order valence-corrected chi connectivity index (χ0v) is 14.8. The second-order valence-electron chi connectivity index (χ2n) is 6.45. The number of hydrogen-bond donors (Lipinski definition) is 0. The number of rotatable bonds is 3. The van der Waals surface area contributed by atoms with Gasteiger partial charge in [-0.2, -0.15) is 0 Å². The predicted molar refractivity (Wildman–Crippen MR) is 96.1 cm³/mol. The molecular formula is C17H23N5OS. The number of aryl methyl sites for hydroxylation is 1. The molecule has 0 unspecified atom stereocenters. The van der Waals surface area contributed by atoms with E-state index in [1.807, 2.05) is 0 Å². The van der Waals surface area contributed by atoms with Crippen molar-refractivity contribution in [1.82, 2.24) is 15.0 Å². The van der Waals surface area contributed by atoms with Gasteiger partial charge in [0.05, 0.1) is 18.2 Å². The number of morpholine rings is 1. The van der Waals surface area contributed by atoms with Gasteiger partial charge in [0.25, 0.3) is 0 Å². The first-order valence-corrected chi connectivity index (χ1v) is 9.49. The SMILES string of the molecule is Cc1csc([C@H]2CCCN(c3cc(N4CCOCC4)ncn3)C2)n1. The molecule has 0 bridgehead atoms. The summed E-state index contributed by atoms with van der Waals surface area (Å²) >= 11 is 1.79. The van der Waals surface area contributed by atoms with Gasteiger partial charge >= 0.3 is 0 Å². The van der Waals surface area contributed by atoms with Crippen molar-refractivity contribution >= 4 is 23.0 Å². The molecule has 6 nitrogen and oxygen atoms in total. The summed E-state index contributed by atoms with van der Waals surface area (Å²) in [7, 11) is 0. The van der Waals surface area contributed by atoms with E-state index < -0.39 is 0 Å². The molecule has 0 aromatic carbocycles.